The molecule has 4 rings (SSSR count). The number of para-hydroxylation sites is 1. The first-order chi connectivity index (χ1) is 13.8. The zero-order valence-electron chi connectivity index (χ0n) is 15.1. The molecule has 0 radical (unpaired) electrons. The highest BCUT2D eigenvalue weighted by Gasteiger charge is 2.41. The monoisotopic (exact) mass is 404 g/mol. The van der Waals surface area contributed by atoms with Crippen LogP contribution in [0.25, 0.3) is 0 Å². The molecule has 9 heteroatoms. The molecule has 1 aromatic carbocycles. The van der Waals surface area contributed by atoms with E-state index in [2.05, 4.69) is 4.98 Å². The van der Waals surface area contributed by atoms with Crippen LogP contribution in [0, 0.1) is 0 Å². The second-order valence-corrected chi connectivity index (χ2v) is 6.47. The molecule has 6 nitrogen and oxygen atoms in total. The molecular formula is C20H15F3N2O4. The highest BCUT2D eigenvalue weighted by Crippen LogP contribution is 2.45. The second-order valence-electron chi connectivity index (χ2n) is 6.47. The van der Waals surface area contributed by atoms with E-state index >= 15 is 0 Å². The highest BCUT2D eigenvalue weighted by atomic mass is 19.4. The lowest BCUT2D eigenvalue weighted by atomic mass is 9.92. The van der Waals surface area contributed by atoms with E-state index < -0.39 is 23.8 Å². The predicted molar refractivity (Wildman–Crippen MR) is 95.6 cm³/mol. The minimum absolute atomic E-state index is 0.00217. The van der Waals surface area contributed by atoms with Crippen LogP contribution in [-0.2, 0) is 17.5 Å². The quantitative estimate of drug-likeness (QED) is 0.709. The number of pyridine rings is 1. The number of alkyl halides is 3. The molecule has 1 aliphatic heterocycles. The Hall–Kier alpha value is -3.49. The van der Waals surface area contributed by atoms with Crippen molar-refractivity contribution in [1.82, 2.24) is 4.98 Å². The lowest BCUT2D eigenvalue weighted by molar-refractivity contribution is -0.153. The fourth-order valence-corrected chi connectivity index (χ4v) is 3.41. The van der Waals surface area contributed by atoms with Crippen LogP contribution in [0.1, 0.15) is 28.6 Å². The van der Waals surface area contributed by atoms with Crippen molar-refractivity contribution in [2.45, 2.75) is 18.6 Å². The third-order valence-corrected chi connectivity index (χ3v) is 4.72. The summed E-state index contributed by atoms with van der Waals surface area (Å²) >= 11 is 0. The van der Waals surface area contributed by atoms with Crippen LogP contribution >= 0.6 is 0 Å². The van der Waals surface area contributed by atoms with Crippen LogP contribution in [0.2, 0.25) is 0 Å². The van der Waals surface area contributed by atoms with Crippen LogP contribution in [-0.4, -0.2) is 23.1 Å². The van der Waals surface area contributed by atoms with E-state index in [0.29, 0.717) is 16.8 Å². The average Bonchev–Trinajstić information content (AvgIpc) is 3.27. The number of amides is 1. The summed E-state index contributed by atoms with van der Waals surface area (Å²) in [6, 6.07) is 10.4. The number of aromatic nitrogens is 1. The number of nitrogens with zero attached hydrogens (tertiary/aromatic N) is 2. The molecule has 0 fully saturated rings. The van der Waals surface area contributed by atoms with Crippen LogP contribution in [0.5, 0.6) is 11.6 Å². The van der Waals surface area contributed by atoms with Crippen molar-refractivity contribution in [3.8, 4) is 11.6 Å². The summed E-state index contributed by atoms with van der Waals surface area (Å²) in [5.41, 5.74) is 1.44. The van der Waals surface area contributed by atoms with Crippen molar-refractivity contribution in [3.05, 3.63) is 71.3 Å². The van der Waals surface area contributed by atoms with Gasteiger partial charge in [0.1, 0.15) is 11.5 Å². The molecule has 0 saturated carbocycles. The molecule has 0 bridgehead atoms. The van der Waals surface area contributed by atoms with E-state index in [1.165, 1.54) is 30.3 Å². The van der Waals surface area contributed by atoms with Crippen molar-refractivity contribution >= 4 is 11.6 Å². The molecule has 1 N–H and O–H groups in total. The Morgan fingerprint density at radius 1 is 1.21 bits per heavy atom. The fourth-order valence-electron chi connectivity index (χ4n) is 3.41. The third kappa shape index (κ3) is 3.28. The number of hydrogen-bond donors (Lipinski definition) is 1. The van der Waals surface area contributed by atoms with Gasteiger partial charge in [0.05, 0.1) is 25.8 Å². The molecule has 3 heterocycles. The topological polar surface area (TPSA) is 75.8 Å². The van der Waals surface area contributed by atoms with Gasteiger partial charge in [-0.25, -0.2) is 4.98 Å². The van der Waals surface area contributed by atoms with Gasteiger partial charge in [-0.3, -0.25) is 4.79 Å². The van der Waals surface area contributed by atoms with Crippen molar-refractivity contribution in [3.63, 3.8) is 0 Å². The maximum absolute atomic E-state index is 13.2. The van der Waals surface area contributed by atoms with Gasteiger partial charge in [-0.05, 0) is 23.8 Å². The van der Waals surface area contributed by atoms with E-state index in [0.717, 1.165) is 6.07 Å². The first-order valence-corrected chi connectivity index (χ1v) is 8.58. The number of aromatic hydroxyl groups is 1. The lowest BCUT2D eigenvalue weighted by Crippen LogP contribution is -2.28. The normalized spacial score (nSPS) is 16.2. The maximum atomic E-state index is 13.2. The number of halogens is 3. The Morgan fingerprint density at radius 2 is 1.97 bits per heavy atom. The number of fused-ring (bicyclic) bond motifs is 1. The maximum Gasteiger partial charge on any atom is 0.449 e. The van der Waals surface area contributed by atoms with Gasteiger partial charge in [0.15, 0.2) is 0 Å². The zero-order valence-corrected chi connectivity index (χ0v) is 15.1. The molecular weight excluding hydrogens is 389 g/mol. The van der Waals surface area contributed by atoms with E-state index in [1.807, 2.05) is 0 Å². The van der Waals surface area contributed by atoms with Gasteiger partial charge in [0.2, 0.25) is 17.5 Å². The number of carbonyl (C=O) groups is 1. The van der Waals surface area contributed by atoms with E-state index in [9.17, 15) is 23.1 Å². The standard InChI is InChI=1S/C20H15F3N2O4/c1-28-17-8-13(15(26)9-24-17)18-12-4-2-3-5-14(12)25(19(18)27)10-11-6-7-16(29-11)20(21,22)23/h2-9,18,26H,10H2,1H3. The van der Waals surface area contributed by atoms with Gasteiger partial charge in [-0.1, -0.05) is 18.2 Å². The Morgan fingerprint density at radius 3 is 2.66 bits per heavy atom. The van der Waals surface area contributed by atoms with Gasteiger partial charge in [0.25, 0.3) is 0 Å². The van der Waals surface area contributed by atoms with Crippen LogP contribution < -0.4 is 9.64 Å². The van der Waals surface area contributed by atoms with Gasteiger partial charge >= 0.3 is 6.18 Å². The molecule has 1 aliphatic rings. The van der Waals surface area contributed by atoms with Crippen molar-refractivity contribution in [2.24, 2.45) is 0 Å². The number of anilines is 1. The molecule has 0 aliphatic carbocycles. The number of methoxy groups -OCH3 is 1. The molecule has 3 aromatic rings. The Bertz CT molecular complexity index is 1080. The smallest absolute Gasteiger partial charge is 0.449 e. The van der Waals surface area contributed by atoms with Crippen molar-refractivity contribution < 1.29 is 32.2 Å². The molecule has 0 spiro atoms. The minimum atomic E-state index is -4.60. The number of benzene rings is 1. The van der Waals surface area contributed by atoms with Crippen LogP contribution in [0.4, 0.5) is 18.9 Å². The van der Waals surface area contributed by atoms with Crippen LogP contribution in [0.3, 0.4) is 0 Å². The summed E-state index contributed by atoms with van der Waals surface area (Å²) in [7, 11) is 1.41. The highest BCUT2D eigenvalue weighted by molar-refractivity contribution is 6.07. The van der Waals surface area contributed by atoms with Gasteiger partial charge in [0, 0.05) is 17.3 Å². The number of ether oxygens (including phenoxy) is 1. The summed E-state index contributed by atoms with van der Waals surface area (Å²) in [4.78, 5) is 18.5. The van der Waals surface area contributed by atoms with Gasteiger partial charge < -0.3 is 19.2 Å². The summed E-state index contributed by atoms with van der Waals surface area (Å²) in [6.45, 7) is -0.175. The zero-order chi connectivity index (χ0) is 20.8. The molecule has 1 amide bonds. The van der Waals surface area contributed by atoms with Gasteiger partial charge in [-0.15, -0.1) is 0 Å². The number of rotatable bonds is 4. The summed E-state index contributed by atoms with van der Waals surface area (Å²) in [6.07, 6.45) is -3.41. The number of furan rings is 1. The Balaban J connectivity index is 1.73. The van der Waals surface area contributed by atoms with E-state index in [-0.39, 0.29) is 23.9 Å². The lowest BCUT2D eigenvalue weighted by Gasteiger charge is -2.17. The number of hydrogen-bond acceptors (Lipinski definition) is 5. The third-order valence-electron chi connectivity index (χ3n) is 4.72. The largest absolute Gasteiger partial charge is 0.506 e. The molecule has 2 aromatic heterocycles. The van der Waals surface area contributed by atoms with Gasteiger partial charge in [-0.2, -0.15) is 13.2 Å². The molecule has 1 atom stereocenters. The minimum Gasteiger partial charge on any atom is -0.506 e. The molecule has 29 heavy (non-hydrogen) atoms. The fraction of sp³-hybridized carbons (Fsp3) is 0.200. The SMILES string of the molecule is COc1cc(C2C(=O)N(Cc3ccc(C(F)(F)F)o3)c3ccccc32)c(O)cn1. The molecule has 150 valence electrons. The summed E-state index contributed by atoms with van der Waals surface area (Å²) < 4.78 is 48.4. The first-order valence-electron chi connectivity index (χ1n) is 8.58. The Kier molecular flexibility index (Phi) is 4.45. The average molecular weight is 404 g/mol. The second kappa shape index (κ2) is 6.84. The number of carbonyl (C=O) groups excluding carboxylic acids is 1. The van der Waals surface area contributed by atoms with Crippen molar-refractivity contribution in [2.75, 3.05) is 12.0 Å². The Labute approximate surface area is 163 Å². The predicted octanol–water partition coefficient (Wildman–Crippen LogP) is 4.09. The molecule has 0 saturated heterocycles. The summed E-state index contributed by atoms with van der Waals surface area (Å²) in [5.74, 6) is -2.33. The first kappa shape index (κ1) is 18.9. The van der Waals surface area contributed by atoms with Crippen LogP contribution in [0.15, 0.2) is 53.1 Å². The molecule has 1 unspecified atom stereocenters. The summed E-state index contributed by atoms with van der Waals surface area (Å²) in [5, 5.41) is 10.3. The van der Waals surface area contributed by atoms with E-state index in [4.69, 9.17) is 9.15 Å². The van der Waals surface area contributed by atoms with E-state index in [1.54, 1.807) is 24.3 Å². The van der Waals surface area contributed by atoms with Crippen molar-refractivity contribution in [1.29, 1.82) is 0 Å².